The maximum atomic E-state index is 12.4. The molecule has 1 aromatic heterocycles. The molecule has 7 heteroatoms. The summed E-state index contributed by atoms with van der Waals surface area (Å²) in [5.74, 6) is 1.75. The summed E-state index contributed by atoms with van der Waals surface area (Å²) >= 11 is 0. The Hall–Kier alpha value is -1.89. The zero-order valence-electron chi connectivity index (χ0n) is 15.7. The molecule has 3 N–H and O–H groups in total. The molecule has 3 aliphatic rings. The molecule has 1 aliphatic carbocycles. The minimum atomic E-state index is 0.169. The van der Waals surface area contributed by atoms with E-state index in [1.165, 1.54) is 0 Å². The van der Waals surface area contributed by atoms with Crippen LogP contribution >= 0.6 is 0 Å². The SMILES string of the molecule is Cc1cnc(N2CCC(N3CCC[C@H](C(=O)NC4CC4)C3)CC2)nc1N. The van der Waals surface area contributed by atoms with Gasteiger partial charge >= 0.3 is 0 Å². The quantitative estimate of drug-likeness (QED) is 0.844. The fraction of sp³-hybridized carbons (Fsp3) is 0.737. The monoisotopic (exact) mass is 358 g/mol. The van der Waals surface area contributed by atoms with Crippen LogP contribution in [0.4, 0.5) is 11.8 Å². The van der Waals surface area contributed by atoms with E-state index in [2.05, 4.69) is 25.1 Å². The van der Waals surface area contributed by atoms with Gasteiger partial charge in [0.05, 0.1) is 5.92 Å². The van der Waals surface area contributed by atoms with E-state index in [-0.39, 0.29) is 11.8 Å². The van der Waals surface area contributed by atoms with E-state index >= 15 is 0 Å². The van der Waals surface area contributed by atoms with Crippen LogP contribution in [-0.2, 0) is 4.79 Å². The van der Waals surface area contributed by atoms with E-state index < -0.39 is 0 Å². The molecule has 1 amide bonds. The minimum Gasteiger partial charge on any atom is -0.383 e. The number of carbonyl (C=O) groups is 1. The van der Waals surface area contributed by atoms with Crippen molar-refractivity contribution >= 4 is 17.7 Å². The van der Waals surface area contributed by atoms with Crippen molar-refractivity contribution in [2.45, 2.75) is 57.5 Å². The number of anilines is 2. The molecule has 0 unspecified atom stereocenters. The number of nitrogens with zero attached hydrogens (tertiary/aromatic N) is 4. The Morgan fingerprint density at radius 3 is 2.65 bits per heavy atom. The Labute approximate surface area is 155 Å². The van der Waals surface area contributed by atoms with Crippen LogP contribution in [0.2, 0.25) is 0 Å². The average molecular weight is 358 g/mol. The van der Waals surface area contributed by atoms with E-state index in [1.54, 1.807) is 6.20 Å². The summed E-state index contributed by atoms with van der Waals surface area (Å²) in [5, 5.41) is 3.18. The molecule has 3 fully saturated rings. The molecule has 4 rings (SSSR count). The molecule has 1 atom stereocenters. The highest BCUT2D eigenvalue weighted by Gasteiger charge is 2.34. The number of aryl methyl sites for hydroxylation is 1. The lowest BCUT2D eigenvalue weighted by molar-refractivity contribution is -0.127. The number of carbonyl (C=O) groups excluding carboxylic acids is 1. The van der Waals surface area contributed by atoms with Crippen molar-refractivity contribution in [1.82, 2.24) is 20.2 Å². The molecule has 2 saturated heterocycles. The minimum absolute atomic E-state index is 0.169. The van der Waals surface area contributed by atoms with Crippen LogP contribution in [0.5, 0.6) is 0 Å². The second-order valence-electron chi connectivity index (χ2n) is 8.07. The fourth-order valence-corrected chi connectivity index (χ4v) is 4.13. The average Bonchev–Trinajstić information content (AvgIpc) is 3.48. The van der Waals surface area contributed by atoms with Crippen LogP contribution in [0, 0.1) is 12.8 Å². The predicted molar refractivity (Wildman–Crippen MR) is 102 cm³/mol. The van der Waals surface area contributed by atoms with Gasteiger partial charge in [0.15, 0.2) is 0 Å². The number of piperidine rings is 2. The number of hydrogen-bond acceptors (Lipinski definition) is 6. The van der Waals surface area contributed by atoms with Crippen LogP contribution in [0.3, 0.4) is 0 Å². The molecule has 7 nitrogen and oxygen atoms in total. The number of likely N-dealkylation sites (tertiary alicyclic amines) is 1. The van der Waals surface area contributed by atoms with Gasteiger partial charge in [0.25, 0.3) is 0 Å². The molecule has 0 spiro atoms. The molecule has 0 bridgehead atoms. The number of nitrogens with two attached hydrogens (primary N) is 1. The summed E-state index contributed by atoms with van der Waals surface area (Å²) in [7, 11) is 0. The van der Waals surface area contributed by atoms with Crippen LogP contribution < -0.4 is 16.0 Å². The van der Waals surface area contributed by atoms with Crippen LogP contribution in [0.15, 0.2) is 6.20 Å². The van der Waals surface area contributed by atoms with Gasteiger partial charge in [-0.1, -0.05) is 0 Å². The smallest absolute Gasteiger partial charge is 0.227 e. The van der Waals surface area contributed by atoms with Gasteiger partial charge in [-0.25, -0.2) is 4.98 Å². The Bertz CT molecular complexity index is 653. The van der Waals surface area contributed by atoms with Gasteiger partial charge in [-0.05, 0) is 52.0 Å². The second-order valence-corrected chi connectivity index (χ2v) is 8.07. The summed E-state index contributed by atoms with van der Waals surface area (Å²) in [6.07, 6.45) is 8.46. The lowest BCUT2D eigenvalue weighted by Gasteiger charge is -2.42. The highest BCUT2D eigenvalue weighted by Crippen LogP contribution is 2.27. The van der Waals surface area contributed by atoms with Crippen molar-refractivity contribution in [1.29, 1.82) is 0 Å². The number of hydrogen-bond donors (Lipinski definition) is 2. The third-order valence-corrected chi connectivity index (χ3v) is 6.01. The highest BCUT2D eigenvalue weighted by atomic mass is 16.2. The maximum absolute atomic E-state index is 12.4. The second kappa shape index (κ2) is 7.39. The van der Waals surface area contributed by atoms with Crippen LogP contribution in [0.1, 0.15) is 44.1 Å². The normalized spacial score (nSPS) is 25.3. The number of rotatable bonds is 4. The first-order valence-electron chi connectivity index (χ1n) is 9.98. The molecular formula is C19H30N6O. The largest absolute Gasteiger partial charge is 0.383 e. The molecule has 1 saturated carbocycles. The predicted octanol–water partition coefficient (Wildman–Crippen LogP) is 1.33. The van der Waals surface area contributed by atoms with Gasteiger partial charge in [-0.15, -0.1) is 0 Å². The molecule has 1 aromatic rings. The zero-order chi connectivity index (χ0) is 18.1. The molecule has 0 radical (unpaired) electrons. The third-order valence-electron chi connectivity index (χ3n) is 6.01. The number of nitrogen functional groups attached to an aromatic ring is 1. The van der Waals surface area contributed by atoms with Crippen LogP contribution in [-0.4, -0.2) is 59.0 Å². The van der Waals surface area contributed by atoms with Crippen molar-refractivity contribution < 1.29 is 4.79 Å². The summed E-state index contributed by atoms with van der Waals surface area (Å²) in [4.78, 5) is 26.0. The van der Waals surface area contributed by atoms with Gasteiger partial charge < -0.3 is 16.0 Å². The molecule has 2 aliphatic heterocycles. The van der Waals surface area contributed by atoms with Crippen molar-refractivity contribution in [2.24, 2.45) is 5.92 Å². The molecule has 142 valence electrons. The van der Waals surface area contributed by atoms with Gasteiger partial charge in [0.2, 0.25) is 11.9 Å². The molecule has 26 heavy (non-hydrogen) atoms. The Kier molecular flexibility index (Phi) is 4.98. The van der Waals surface area contributed by atoms with E-state index in [0.717, 1.165) is 76.2 Å². The summed E-state index contributed by atoms with van der Waals surface area (Å²) in [6.45, 7) is 5.85. The van der Waals surface area contributed by atoms with E-state index in [4.69, 9.17) is 5.73 Å². The van der Waals surface area contributed by atoms with Gasteiger partial charge in [0, 0.05) is 43.5 Å². The number of aromatic nitrogens is 2. The highest BCUT2D eigenvalue weighted by molar-refractivity contribution is 5.79. The topological polar surface area (TPSA) is 87.4 Å². The summed E-state index contributed by atoms with van der Waals surface area (Å²) in [5.41, 5.74) is 6.85. The Balaban J connectivity index is 1.30. The van der Waals surface area contributed by atoms with E-state index in [9.17, 15) is 4.79 Å². The lowest BCUT2D eigenvalue weighted by Crippen LogP contribution is -2.51. The summed E-state index contributed by atoms with van der Waals surface area (Å²) < 4.78 is 0. The Morgan fingerprint density at radius 2 is 1.96 bits per heavy atom. The zero-order valence-corrected chi connectivity index (χ0v) is 15.7. The van der Waals surface area contributed by atoms with Crippen molar-refractivity contribution in [3.63, 3.8) is 0 Å². The molecule has 3 heterocycles. The maximum Gasteiger partial charge on any atom is 0.227 e. The third kappa shape index (κ3) is 3.92. The van der Waals surface area contributed by atoms with Crippen LogP contribution in [0.25, 0.3) is 0 Å². The first kappa shape index (κ1) is 17.5. The molecular weight excluding hydrogens is 328 g/mol. The fourth-order valence-electron chi connectivity index (χ4n) is 4.13. The van der Waals surface area contributed by atoms with E-state index in [1.807, 2.05) is 6.92 Å². The first-order valence-corrected chi connectivity index (χ1v) is 9.98. The van der Waals surface area contributed by atoms with Crippen molar-refractivity contribution in [3.8, 4) is 0 Å². The van der Waals surface area contributed by atoms with Gasteiger partial charge in [-0.2, -0.15) is 4.98 Å². The van der Waals surface area contributed by atoms with Crippen molar-refractivity contribution in [3.05, 3.63) is 11.8 Å². The Morgan fingerprint density at radius 1 is 1.19 bits per heavy atom. The standard InChI is InChI=1S/C19H30N6O/c1-13-11-21-19(23-17(13)20)24-9-6-16(7-10-24)25-8-2-3-14(12-25)18(26)22-15-4-5-15/h11,14-16H,2-10,12H2,1H3,(H,22,26)(H2,20,21,23)/t14-/m0/s1. The molecule has 0 aromatic carbocycles. The lowest BCUT2D eigenvalue weighted by atomic mass is 9.93. The summed E-state index contributed by atoms with van der Waals surface area (Å²) in [6, 6.07) is 1.02. The first-order chi connectivity index (χ1) is 12.6. The van der Waals surface area contributed by atoms with Gasteiger partial charge in [-0.3, -0.25) is 9.69 Å². The van der Waals surface area contributed by atoms with Crippen molar-refractivity contribution in [2.75, 3.05) is 36.8 Å². The van der Waals surface area contributed by atoms with Gasteiger partial charge in [0.1, 0.15) is 5.82 Å². The number of nitrogens with one attached hydrogen (secondary N) is 1. The number of amides is 1. The van der Waals surface area contributed by atoms with E-state index in [0.29, 0.717) is 17.9 Å².